The number of hydrogen-bond acceptors (Lipinski definition) is 4. The smallest absolute Gasteiger partial charge is 0.246 e. The number of aromatic nitrogens is 2. The van der Waals surface area contributed by atoms with Gasteiger partial charge in [0.1, 0.15) is 5.82 Å². The second-order valence-electron chi connectivity index (χ2n) is 4.92. The number of fused-ring (bicyclic) bond motifs is 1. The Morgan fingerprint density at radius 2 is 1.83 bits per heavy atom. The molecule has 2 aromatic rings. The molecule has 0 bridgehead atoms. The summed E-state index contributed by atoms with van der Waals surface area (Å²) in [6.45, 7) is 5.79. The number of nitrogens with one attached hydrogen (secondary N) is 1. The number of anilines is 1. The van der Waals surface area contributed by atoms with E-state index in [1.165, 1.54) is 0 Å². The van der Waals surface area contributed by atoms with Crippen molar-refractivity contribution in [3.8, 4) is 22.8 Å². The molecule has 0 fully saturated rings. The number of hydrogen-bond donors (Lipinski definition) is 2. The highest BCUT2D eigenvalue weighted by atomic mass is 16.7. The summed E-state index contributed by atoms with van der Waals surface area (Å²) in [7, 11) is 0. The molecule has 0 unspecified atom stereocenters. The summed E-state index contributed by atoms with van der Waals surface area (Å²) in [4.78, 5) is 0. The highest BCUT2D eigenvalue weighted by molar-refractivity contribution is 5.70. The molecule has 94 valence electrons. The fraction of sp³-hybridized carbons (Fsp3) is 0.308. The van der Waals surface area contributed by atoms with Crippen LogP contribution in [0.25, 0.3) is 11.3 Å². The van der Waals surface area contributed by atoms with E-state index in [2.05, 4.69) is 10.2 Å². The lowest BCUT2D eigenvalue weighted by molar-refractivity contribution is -0.0431. The largest absolute Gasteiger partial charge is 0.449 e. The molecule has 1 aromatic heterocycles. The van der Waals surface area contributed by atoms with Gasteiger partial charge in [0.25, 0.3) is 0 Å². The average Bonchev–Trinajstić information content (AvgIpc) is 2.79. The zero-order valence-electron chi connectivity index (χ0n) is 10.6. The van der Waals surface area contributed by atoms with E-state index in [4.69, 9.17) is 15.2 Å². The fourth-order valence-electron chi connectivity index (χ4n) is 2.14. The number of nitrogens with zero attached hydrogens (tertiary/aromatic N) is 1. The van der Waals surface area contributed by atoms with E-state index >= 15 is 0 Å². The van der Waals surface area contributed by atoms with E-state index < -0.39 is 5.79 Å². The molecular formula is C13H15N3O2. The third-order valence-corrected chi connectivity index (χ3v) is 2.89. The summed E-state index contributed by atoms with van der Waals surface area (Å²) in [5.41, 5.74) is 8.59. The Hall–Kier alpha value is -2.17. The predicted octanol–water partition coefficient (Wildman–Crippen LogP) is 2.47. The summed E-state index contributed by atoms with van der Waals surface area (Å²) < 4.78 is 11.4. The van der Waals surface area contributed by atoms with Crippen molar-refractivity contribution in [3.05, 3.63) is 23.8 Å². The number of aryl methyl sites for hydroxylation is 1. The molecule has 3 N–H and O–H groups in total. The lowest BCUT2D eigenvalue weighted by Crippen LogP contribution is -2.29. The third kappa shape index (κ3) is 1.68. The molecule has 2 heterocycles. The van der Waals surface area contributed by atoms with E-state index in [9.17, 15) is 0 Å². The lowest BCUT2D eigenvalue weighted by atomic mass is 10.0. The summed E-state index contributed by atoms with van der Waals surface area (Å²) >= 11 is 0. The Morgan fingerprint density at radius 1 is 1.17 bits per heavy atom. The molecule has 1 aliphatic rings. The Morgan fingerprint density at radius 3 is 2.44 bits per heavy atom. The molecule has 0 saturated carbocycles. The van der Waals surface area contributed by atoms with Crippen molar-refractivity contribution in [2.24, 2.45) is 0 Å². The van der Waals surface area contributed by atoms with Crippen LogP contribution in [-0.2, 0) is 0 Å². The Bertz CT molecular complexity index is 617. The number of benzene rings is 1. The number of ether oxygens (including phenoxy) is 2. The zero-order chi connectivity index (χ0) is 12.9. The zero-order valence-corrected chi connectivity index (χ0v) is 10.6. The van der Waals surface area contributed by atoms with Gasteiger partial charge in [-0.1, -0.05) is 0 Å². The SMILES string of the molecule is Cc1cc2c(cc1-c1cc(N)n[nH]1)OC(C)(C)O2. The molecule has 0 radical (unpaired) electrons. The topological polar surface area (TPSA) is 73.2 Å². The van der Waals surface area contributed by atoms with Crippen molar-refractivity contribution < 1.29 is 9.47 Å². The first-order valence-corrected chi connectivity index (χ1v) is 5.78. The molecule has 0 atom stereocenters. The fourth-order valence-corrected chi connectivity index (χ4v) is 2.14. The first kappa shape index (κ1) is 11.0. The number of nitrogen functional groups attached to an aromatic ring is 1. The van der Waals surface area contributed by atoms with E-state index in [0.717, 1.165) is 28.3 Å². The molecule has 5 nitrogen and oxygen atoms in total. The average molecular weight is 245 g/mol. The van der Waals surface area contributed by atoms with E-state index in [0.29, 0.717) is 5.82 Å². The normalized spacial score (nSPS) is 15.9. The first-order valence-electron chi connectivity index (χ1n) is 5.78. The van der Waals surface area contributed by atoms with Gasteiger partial charge in [0.2, 0.25) is 5.79 Å². The Labute approximate surface area is 105 Å². The van der Waals surface area contributed by atoms with E-state index in [1.54, 1.807) is 6.07 Å². The van der Waals surface area contributed by atoms with Gasteiger partial charge < -0.3 is 15.2 Å². The minimum absolute atomic E-state index is 0.474. The molecule has 18 heavy (non-hydrogen) atoms. The molecule has 0 saturated heterocycles. The number of H-pyrrole nitrogens is 1. The minimum Gasteiger partial charge on any atom is -0.449 e. The van der Waals surface area contributed by atoms with Gasteiger partial charge in [0.15, 0.2) is 11.5 Å². The summed E-state index contributed by atoms with van der Waals surface area (Å²) in [5.74, 6) is 1.38. The Balaban J connectivity index is 2.09. The van der Waals surface area contributed by atoms with Crippen LogP contribution in [-0.4, -0.2) is 16.0 Å². The van der Waals surface area contributed by atoms with Crippen molar-refractivity contribution in [3.63, 3.8) is 0 Å². The van der Waals surface area contributed by atoms with Gasteiger partial charge in [-0.05, 0) is 24.6 Å². The summed E-state index contributed by atoms with van der Waals surface area (Å²) in [6, 6.07) is 5.72. The third-order valence-electron chi connectivity index (χ3n) is 2.89. The van der Waals surface area contributed by atoms with Crippen LogP contribution in [0.4, 0.5) is 5.82 Å². The molecule has 3 rings (SSSR count). The Kier molecular flexibility index (Phi) is 2.08. The van der Waals surface area contributed by atoms with E-state index in [1.807, 2.05) is 32.9 Å². The maximum atomic E-state index is 5.73. The van der Waals surface area contributed by atoms with Crippen molar-refractivity contribution in [1.29, 1.82) is 0 Å². The van der Waals surface area contributed by atoms with Gasteiger partial charge in [0, 0.05) is 25.5 Å². The van der Waals surface area contributed by atoms with Crippen LogP contribution < -0.4 is 15.2 Å². The van der Waals surface area contributed by atoms with Crippen LogP contribution in [0.2, 0.25) is 0 Å². The maximum Gasteiger partial charge on any atom is 0.246 e. The molecular weight excluding hydrogens is 230 g/mol. The maximum absolute atomic E-state index is 5.73. The predicted molar refractivity (Wildman–Crippen MR) is 68.5 cm³/mol. The van der Waals surface area contributed by atoms with Crippen LogP contribution in [0.15, 0.2) is 18.2 Å². The van der Waals surface area contributed by atoms with Crippen LogP contribution in [0.5, 0.6) is 11.5 Å². The molecule has 0 spiro atoms. The molecule has 1 aliphatic heterocycles. The highest BCUT2D eigenvalue weighted by Gasteiger charge is 2.32. The first-order chi connectivity index (χ1) is 8.44. The van der Waals surface area contributed by atoms with Gasteiger partial charge >= 0.3 is 0 Å². The highest BCUT2D eigenvalue weighted by Crippen LogP contribution is 2.43. The summed E-state index contributed by atoms with van der Waals surface area (Å²) in [6.07, 6.45) is 0. The van der Waals surface area contributed by atoms with Crippen LogP contribution >= 0.6 is 0 Å². The number of aromatic amines is 1. The number of rotatable bonds is 1. The molecule has 0 aliphatic carbocycles. The van der Waals surface area contributed by atoms with Crippen molar-refractivity contribution in [2.45, 2.75) is 26.6 Å². The molecule has 0 amide bonds. The second kappa shape index (κ2) is 3.41. The van der Waals surface area contributed by atoms with Gasteiger partial charge in [-0.2, -0.15) is 5.10 Å². The van der Waals surface area contributed by atoms with Gasteiger partial charge in [-0.3, -0.25) is 5.10 Å². The van der Waals surface area contributed by atoms with Gasteiger partial charge in [0.05, 0.1) is 5.69 Å². The summed E-state index contributed by atoms with van der Waals surface area (Å²) in [5, 5.41) is 6.84. The van der Waals surface area contributed by atoms with Crippen LogP contribution in [0.3, 0.4) is 0 Å². The van der Waals surface area contributed by atoms with Gasteiger partial charge in [-0.15, -0.1) is 0 Å². The van der Waals surface area contributed by atoms with Crippen molar-refractivity contribution >= 4 is 5.82 Å². The standard InChI is InChI=1S/C13H15N3O2/c1-7-4-10-11(18-13(2,3)17-10)5-8(7)9-6-12(14)16-15-9/h4-6H,1-3H3,(H3,14,15,16). The number of nitrogens with two attached hydrogens (primary N) is 1. The minimum atomic E-state index is -0.611. The monoisotopic (exact) mass is 245 g/mol. The second-order valence-corrected chi connectivity index (χ2v) is 4.92. The quantitative estimate of drug-likeness (QED) is 0.809. The van der Waals surface area contributed by atoms with Crippen molar-refractivity contribution in [1.82, 2.24) is 10.2 Å². The molecule has 1 aromatic carbocycles. The van der Waals surface area contributed by atoms with Crippen molar-refractivity contribution in [2.75, 3.05) is 5.73 Å². The van der Waals surface area contributed by atoms with Gasteiger partial charge in [-0.25, -0.2) is 0 Å². The van der Waals surface area contributed by atoms with Crippen LogP contribution in [0, 0.1) is 6.92 Å². The molecule has 5 heteroatoms. The van der Waals surface area contributed by atoms with E-state index in [-0.39, 0.29) is 0 Å². The van der Waals surface area contributed by atoms with Crippen LogP contribution in [0.1, 0.15) is 19.4 Å². The lowest BCUT2D eigenvalue weighted by Gasteiger charge is -2.16.